The number of carbonyl (C=O) groups excluding carboxylic acids is 1. The first-order chi connectivity index (χ1) is 10.7. The Balaban J connectivity index is 2.22. The SMILES string of the molecule is CCCC(=O)c1c(N)cc2ccc3cccc4ccc1c2c34. The Labute approximate surface area is 128 Å². The summed E-state index contributed by atoms with van der Waals surface area (Å²) in [5.41, 5.74) is 7.48. The van der Waals surface area contributed by atoms with E-state index in [4.69, 9.17) is 5.73 Å². The molecular weight excluding hydrogens is 270 g/mol. The molecule has 4 rings (SSSR count). The molecule has 0 amide bonds. The van der Waals surface area contributed by atoms with Crippen LogP contribution in [0.3, 0.4) is 0 Å². The minimum atomic E-state index is 0.137. The van der Waals surface area contributed by atoms with Crippen LogP contribution in [0.5, 0.6) is 0 Å². The maximum Gasteiger partial charge on any atom is 0.165 e. The van der Waals surface area contributed by atoms with Crippen molar-refractivity contribution in [2.75, 3.05) is 5.73 Å². The van der Waals surface area contributed by atoms with Crippen molar-refractivity contribution in [3.05, 3.63) is 54.1 Å². The first kappa shape index (κ1) is 13.1. The van der Waals surface area contributed by atoms with Crippen LogP contribution < -0.4 is 5.73 Å². The molecule has 2 nitrogen and oxygen atoms in total. The van der Waals surface area contributed by atoms with Crippen LogP contribution in [0.25, 0.3) is 32.3 Å². The van der Waals surface area contributed by atoms with Crippen molar-refractivity contribution in [3.63, 3.8) is 0 Å². The summed E-state index contributed by atoms with van der Waals surface area (Å²) < 4.78 is 0. The van der Waals surface area contributed by atoms with E-state index in [9.17, 15) is 4.79 Å². The number of nitrogens with two attached hydrogens (primary N) is 1. The molecule has 2 N–H and O–H groups in total. The Morgan fingerprint density at radius 1 is 0.955 bits per heavy atom. The molecule has 0 aromatic heterocycles. The van der Waals surface area contributed by atoms with Gasteiger partial charge in [-0.2, -0.15) is 0 Å². The number of ketones is 1. The van der Waals surface area contributed by atoms with Gasteiger partial charge >= 0.3 is 0 Å². The fourth-order valence-corrected chi connectivity index (χ4v) is 3.50. The van der Waals surface area contributed by atoms with Crippen LogP contribution in [0, 0.1) is 0 Å². The molecule has 0 aliphatic heterocycles. The Kier molecular flexibility index (Phi) is 2.80. The summed E-state index contributed by atoms with van der Waals surface area (Å²) in [4.78, 5) is 12.5. The van der Waals surface area contributed by atoms with Gasteiger partial charge in [-0.05, 0) is 44.8 Å². The fourth-order valence-electron chi connectivity index (χ4n) is 3.50. The van der Waals surface area contributed by atoms with E-state index in [1.807, 2.05) is 19.1 Å². The van der Waals surface area contributed by atoms with Crippen LogP contribution in [0.4, 0.5) is 5.69 Å². The van der Waals surface area contributed by atoms with Crippen LogP contribution in [0.2, 0.25) is 0 Å². The quantitative estimate of drug-likeness (QED) is 0.322. The highest BCUT2D eigenvalue weighted by molar-refractivity contribution is 6.28. The van der Waals surface area contributed by atoms with Crippen molar-refractivity contribution >= 4 is 43.8 Å². The zero-order valence-corrected chi connectivity index (χ0v) is 12.5. The van der Waals surface area contributed by atoms with Gasteiger partial charge in [0.15, 0.2) is 5.78 Å². The third-order valence-electron chi connectivity index (χ3n) is 4.43. The van der Waals surface area contributed by atoms with Gasteiger partial charge in [0, 0.05) is 17.7 Å². The van der Waals surface area contributed by atoms with E-state index in [2.05, 4.69) is 36.4 Å². The lowest BCUT2D eigenvalue weighted by Crippen LogP contribution is -2.05. The first-order valence-corrected chi connectivity index (χ1v) is 7.70. The van der Waals surface area contributed by atoms with Gasteiger partial charge in [0.05, 0.1) is 0 Å². The largest absolute Gasteiger partial charge is 0.398 e. The summed E-state index contributed by atoms with van der Waals surface area (Å²) in [7, 11) is 0. The topological polar surface area (TPSA) is 43.1 Å². The van der Waals surface area contributed by atoms with Crippen LogP contribution in [-0.4, -0.2) is 5.78 Å². The Hall–Kier alpha value is -2.61. The molecule has 108 valence electrons. The number of anilines is 1. The molecular formula is C20H17NO. The lowest BCUT2D eigenvalue weighted by Gasteiger charge is -2.15. The molecule has 0 unspecified atom stereocenters. The van der Waals surface area contributed by atoms with E-state index < -0.39 is 0 Å². The third kappa shape index (κ3) is 1.70. The second-order valence-corrected chi connectivity index (χ2v) is 5.87. The summed E-state index contributed by atoms with van der Waals surface area (Å²) in [5.74, 6) is 0.137. The molecule has 4 aromatic carbocycles. The Morgan fingerprint density at radius 2 is 1.64 bits per heavy atom. The average Bonchev–Trinajstić information content (AvgIpc) is 2.52. The summed E-state index contributed by atoms with van der Waals surface area (Å²) in [6, 6.07) is 16.6. The normalized spacial score (nSPS) is 11.7. The molecule has 22 heavy (non-hydrogen) atoms. The number of hydrogen-bond donors (Lipinski definition) is 1. The van der Waals surface area contributed by atoms with Crippen LogP contribution in [0.1, 0.15) is 30.1 Å². The second-order valence-electron chi connectivity index (χ2n) is 5.87. The van der Waals surface area contributed by atoms with Crippen molar-refractivity contribution in [1.29, 1.82) is 0 Å². The van der Waals surface area contributed by atoms with E-state index in [1.54, 1.807) is 0 Å². The standard InChI is InChI=1S/C20H17NO/c1-2-4-17(22)20-15-10-9-13-6-3-5-12-7-8-14(11-16(20)21)19(15)18(12)13/h3,5-11H,2,4,21H2,1H3. The van der Waals surface area contributed by atoms with Gasteiger partial charge in [-0.25, -0.2) is 0 Å². The predicted octanol–water partition coefficient (Wildman–Crippen LogP) is 5.15. The van der Waals surface area contributed by atoms with Crippen LogP contribution >= 0.6 is 0 Å². The van der Waals surface area contributed by atoms with E-state index in [1.165, 1.54) is 16.2 Å². The van der Waals surface area contributed by atoms with E-state index in [-0.39, 0.29) is 5.78 Å². The molecule has 0 fully saturated rings. The molecule has 0 heterocycles. The van der Waals surface area contributed by atoms with Crippen molar-refractivity contribution in [1.82, 2.24) is 0 Å². The number of rotatable bonds is 3. The van der Waals surface area contributed by atoms with Gasteiger partial charge in [0.25, 0.3) is 0 Å². The Bertz CT molecular complexity index is 1000. The summed E-state index contributed by atoms with van der Waals surface area (Å²) >= 11 is 0. The number of nitrogen functional groups attached to an aromatic ring is 1. The molecule has 0 aliphatic rings. The third-order valence-corrected chi connectivity index (χ3v) is 4.43. The molecule has 0 saturated heterocycles. The minimum Gasteiger partial charge on any atom is -0.398 e. The van der Waals surface area contributed by atoms with Crippen molar-refractivity contribution in [3.8, 4) is 0 Å². The molecule has 0 saturated carbocycles. The summed E-state index contributed by atoms with van der Waals surface area (Å²) in [5, 5.41) is 6.87. The van der Waals surface area contributed by atoms with E-state index in [0.717, 1.165) is 22.6 Å². The fraction of sp³-hybridized carbons (Fsp3) is 0.150. The maximum absolute atomic E-state index is 12.5. The van der Waals surface area contributed by atoms with Gasteiger partial charge < -0.3 is 5.73 Å². The van der Waals surface area contributed by atoms with Gasteiger partial charge in [-0.1, -0.05) is 49.4 Å². The van der Waals surface area contributed by atoms with Gasteiger partial charge in [0.1, 0.15) is 0 Å². The van der Waals surface area contributed by atoms with Crippen LogP contribution in [-0.2, 0) is 0 Å². The second kappa shape index (κ2) is 4.70. The number of Topliss-reactive ketones (excluding diaryl/α,β-unsaturated/α-hetero) is 1. The van der Waals surface area contributed by atoms with E-state index >= 15 is 0 Å². The maximum atomic E-state index is 12.5. The molecule has 0 spiro atoms. The smallest absolute Gasteiger partial charge is 0.165 e. The zero-order chi connectivity index (χ0) is 15.3. The zero-order valence-electron chi connectivity index (χ0n) is 12.5. The van der Waals surface area contributed by atoms with E-state index in [0.29, 0.717) is 17.7 Å². The van der Waals surface area contributed by atoms with Gasteiger partial charge in [-0.3, -0.25) is 4.79 Å². The van der Waals surface area contributed by atoms with Crippen molar-refractivity contribution in [2.45, 2.75) is 19.8 Å². The lowest BCUT2D eigenvalue weighted by molar-refractivity contribution is 0.0984. The molecule has 0 radical (unpaired) electrons. The van der Waals surface area contributed by atoms with Crippen LogP contribution in [0.15, 0.2) is 48.5 Å². The Morgan fingerprint density at radius 3 is 2.36 bits per heavy atom. The van der Waals surface area contributed by atoms with Crippen molar-refractivity contribution in [2.24, 2.45) is 0 Å². The molecule has 0 aliphatic carbocycles. The highest BCUT2D eigenvalue weighted by Gasteiger charge is 2.17. The monoisotopic (exact) mass is 287 g/mol. The first-order valence-electron chi connectivity index (χ1n) is 7.70. The van der Waals surface area contributed by atoms with Gasteiger partial charge in [-0.15, -0.1) is 0 Å². The number of carbonyl (C=O) groups is 1. The minimum absolute atomic E-state index is 0.137. The lowest BCUT2D eigenvalue weighted by atomic mass is 9.89. The predicted molar refractivity (Wildman–Crippen MR) is 93.8 cm³/mol. The van der Waals surface area contributed by atoms with Crippen molar-refractivity contribution < 1.29 is 4.79 Å². The number of benzene rings is 4. The molecule has 4 aromatic rings. The highest BCUT2D eigenvalue weighted by Crippen LogP contribution is 2.38. The molecule has 2 heteroatoms. The van der Waals surface area contributed by atoms with Gasteiger partial charge in [0.2, 0.25) is 0 Å². The summed E-state index contributed by atoms with van der Waals surface area (Å²) in [6.07, 6.45) is 1.37. The highest BCUT2D eigenvalue weighted by atomic mass is 16.1. The number of hydrogen-bond acceptors (Lipinski definition) is 2. The average molecular weight is 287 g/mol. The molecule has 0 bridgehead atoms. The summed E-state index contributed by atoms with van der Waals surface area (Å²) in [6.45, 7) is 2.02. The molecule has 0 atom stereocenters.